The van der Waals surface area contributed by atoms with Crippen LogP contribution in [0.15, 0.2) is 52.6 Å². The van der Waals surface area contributed by atoms with Crippen molar-refractivity contribution in [1.29, 1.82) is 0 Å². The van der Waals surface area contributed by atoms with Crippen LogP contribution in [0.25, 0.3) is 11.4 Å². The van der Waals surface area contributed by atoms with Crippen LogP contribution < -0.4 is 5.69 Å². The number of amides is 1. The minimum absolute atomic E-state index is 0.0203. The van der Waals surface area contributed by atoms with E-state index < -0.39 is 0 Å². The van der Waals surface area contributed by atoms with Gasteiger partial charge in [0.15, 0.2) is 5.82 Å². The minimum atomic E-state index is -0.243. The zero-order valence-corrected chi connectivity index (χ0v) is 15.4. The van der Waals surface area contributed by atoms with Gasteiger partial charge in [0.05, 0.1) is 6.04 Å². The van der Waals surface area contributed by atoms with Crippen LogP contribution in [0.3, 0.4) is 0 Å². The van der Waals surface area contributed by atoms with Crippen molar-refractivity contribution in [2.24, 2.45) is 0 Å². The predicted molar refractivity (Wildman–Crippen MR) is 101 cm³/mol. The normalized spacial score (nSPS) is 16.5. The van der Waals surface area contributed by atoms with Gasteiger partial charge in [-0.05, 0) is 24.8 Å². The van der Waals surface area contributed by atoms with E-state index in [1.54, 1.807) is 15.9 Å². The first kappa shape index (κ1) is 16.8. The lowest BCUT2D eigenvalue weighted by Gasteiger charge is -2.40. The number of rotatable bonds is 5. The van der Waals surface area contributed by atoms with Gasteiger partial charge in [0.25, 0.3) is 0 Å². The fraction of sp³-hybridized carbons (Fsp3) is 0.316. The number of hydrogen-bond donors (Lipinski definition) is 0. The van der Waals surface area contributed by atoms with Gasteiger partial charge in [0.1, 0.15) is 6.54 Å². The lowest BCUT2D eigenvalue weighted by atomic mass is 10.0. The fourth-order valence-electron chi connectivity index (χ4n) is 3.31. The number of carbonyl (C=O) groups excluding carboxylic acids is 1. The zero-order chi connectivity index (χ0) is 18.1. The van der Waals surface area contributed by atoms with Crippen LogP contribution >= 0.6 is 11.3 Å². The third-order valence-electron chi connectivity index (χ3n) is 4.77. The zero-order valence-electron chi connectivity index (χ0n) is 14.5. The quantitative estimate of drug-likeness (QED) is 0.696. The van der Waals surface area contributed by atoms with Crippen molar-refractivity contribution in [1.82, 2.24) is 19.2 Å². The summed E-state index contributed by atoms with van der Waals surface area (Å²) in [4.78, 5) is 28.4. The second-order valence-corrected chi connectivity index (χ2v) is 7.26. The van der Waals surface area contributed by atoms with Gasteiger partial charge >= 0.3 is 5.69 Å². The first-order chi connectivity index (χ1) is 12.7. The fourth-order valence-corrected chi connectivity index (χ4v) is 4.18. The van der Waals surface area contributed by atoms with E-state index in [0.29, 0.717) is 12.4 Å². The van der Waals surface area contributed by atoms with Crippen LogP contribution in [0.4, 0.5) is 0 Å². The molecule has 2 aromatic heterocycles. The SMILES string of the molecule is CCn1c(-c2ccccc2)nn(CC(=O)N2CC[C@H]2c2cccs2)c1=O. The molecule has 0 aliphatic carbocycles. The Morgan fingerprint density at radius 1 is 1.23 bits per heavy atom. The molecule has 1 amide bonds. The van der Waals surface area contributed by atoms with Crippen molar-refractivity contribution in [3.05, 3.63) is 63.2 Å². The Balaban J connectivity index is 1.58. The molecule has 1 saturated heterocycles. The van der Waals surface area contributed by atoms with Crippen molar-refractivity contribution >= 4 is 17.2 Å². The van der Waals surface area contributed by atoms with Gasteiger partial charge in [-0.15, -0.1) is 16.4 Å². The highest BCUT2D eigenvalue weighted by Crippen LogP contribution is 2.35. The average molecular weight is 368 g/mol. The van der Waals surface area contributed by atoms with Gasteiger partial charge in [-0.2, -0.15) is 0 Å². The highest BCUT2D eigenvalue weighted by atomic mass is 32.1. The Kier molecular flexibility index (Phi) is 4.46. The summed E-state index contributed by atoms with van der Waals surface area (Å²) in [5.74, 6) is 0.543. The first-order valence-electron chi connectivity index (χ1n) is 8.75. The molecule has 1 fully saturated rings. The molecule has 6 nitrogen and oxygen atoms in total. The molecule has 0 bridgehead atoms. The monoisotopic (exact) mass is 368 g/mol. The molecule has 4 rings (SSSR count). The maximum Gasteiger partial charge on any atom is 0.346 e. The molecule has 7 heteroatoms. The number of aromatic nitrogens is 3. The molecule has 1 atom stereocenters. The van der Waals surface area contributed by atoms with Crippen LogP contribution in [0, 0.1) is 0 Å². The molecule has 3 heterocycles. The summed E-state index contributed by atoms with van der Waals surface area (Å²) in [6.07, 6.45) is 0.972. The van der Waals surface area contributed by atoms with Gasteiger partial charge in [-0.1, -0.05) is 36.4 Å². The van der Waals surface area contributed by atoms with E-state index in [0.717, 1.165) is 18.5 Å². The molecule has 1 aliphatic rings. The maximum absolute atomic E-state index is 12.7. The summed E-state index contributed by atoms with van der Waals surface area (Å²) in [7, 11) is 0. The van der Waals surface area contributed by atoms with Crippen LogP contribution in [0.2, 0.25) is 0 Å². The summed E-state index contributed by atoms with van der Waals surface area (Å²) >= 11 is 1.66. The molecule has 0 N–H and O–H groups in total. The van der Waals surface area contributed by atoms with Crippen LogP contribution in [0.5, 0.6) is 0 Å². The number of benzene rings is 1. The standard InChI is InChI=1S/C19H20N4O2S/c1-2-21-18(14-7-4-3-5-8-14)20-23(19(21)25)13-17(24)22-11-10-15(22)16-9-6-12-26-16/h3-9,12,15H,2,10-11,13H2,1H3/t15-/m0/s1. The van der Waals surface area contributed by atoms with Crippen molar-refractivity contribution < 1.29 is 4.79 Å². The summed E-state index contributed by atoms with van der Waals surface area (Å²) in [6, 6.07) is 13.8. The Morgan fingerprint density at radius 3 is 2.65 bits per heavy atom. The maximum atomic E-state index is 12.7. The third kappa shape index (κ3) is 2.88. The largest absolute Gasteiger partial charge is 0.346 e. The van der Waals surface area contributed by atoms with Crippen LogP contribution in [0.1, 0.15) is 24.3 Å². The Morgan fingerprint density at radius 2 is 2.04 bits per heavy atom. The lowest BCUT2D eigenvalue weighted by Crippen LogP contribution is -2.47. The van der Waals surface area contributed by atoms with E-state index in [4.69, 9.17) is 0 Å². The van der Waals surface area contributed by atoms with E-state index in [1.165, 1.54) is 9.56 Å². The molecule has 26 heavy (non-hydrogen) atoms. The van der Waals surface area contributed by atoms with Gasteiger partial charge < -0.3 is 4.90 Å². The van der Waals surface area contributed by atoms with Gasteiger partial charge in [-0.3, -0.25) is 9.36 Å². The molecule has 1 aliphatic heterocycles. The molecule has 3 aromatic rings. The first-order valence-corrected chi connectivity index (χ1v) is 9.63. The molecule has 0 spiro atoms. The second-order valence-electron chi connectivity index (χ2n) is 6.28. The van der Waals surface area contributed by atoms with Crippen molar-refractivity contribution in [3.63, 3.8) is 0 Å². The Bertz CT molecular complexity index is 959. The molecule has 134 valence electrons. The smallest absolute Gasteiger partial charge is 0.333 e. The van der Waals surface area contributed by atoms with E-state index in [2.05, 4.69) is 11.2 Å². The van der Waals surface area contributed by atoms with E-state index in [9.17, 15) is 9.59 Å². The lowest BCUT2D eigenvalue weighted by molar-refractivity contribution is -0.140. The van der Waals surface area contributed by atoms with Gasteiger partial charge in [0.2, 0.25) is 5.91 Å². The molecular formula is C19H20N4O2S. The average Bonchev–Trinajstić information content (AvgIpc) is 3.23. The van der Waals surface area contributed by atoms with Crippen LogP contribution in [-0.2, 0) is 17.9 Å². The van der Waals surface area contributed by atoms with Crippen LogP contribution in [-0.4, -0.2) is 31.7 Å². The third-order valence-corrected chi connectivity index (χ3v) is 5.74. The van der Waals surface area contributed by atoms with E-state index >= 15 is 0 Å². The number of carbonyl (C=O) groups is 1. The number of likely N-dealkylation sites (tertiary alicyclic amines) is 1. The topological polar surface area (TPSA) is 60.1 Å². The number of hydrogen-bond acceptors (Lipinski definition) is 4. The van der Waals surface area contributed by atoms with Gasteiger partial charge in [-0.25, -0.2) is 9.48 Å². The summed E-state index contributed by atoms with van der Waals surface area (Å²) in [5.41, 5.74) is 0.631. The van der Waals surface area contributed by atoms with Gasteiger partial charge in [0, 0.05) is 23.5 Å². The minimum Gasteiger partial charge on any atom is -0.333 e. The van der Waals surface area contributed by atoms with Crippen molar-refractivity contribution in [3.8, 4) is 11.4 Å². The molecule has 1 aromatic carbocycles. The molecular weight excluding hydrogens is 348 g/mol. The number of nitrogens with zero attached hydrogens (tertiary/aromatic N) is 4. The predicted octanol–water partition coefficient (Wildman–Crippen LogP) is 2.77. The summed E-state index contributed by atoms with van der Waals surface area (Å²) in [5, 5.41) is 6.47. The molecule has 0 saturated carbocycles. The number of thiophene rings is 1. The molecule has 0 radical (unpaired) electrons. The van der Waals surface area contributed by atoms with Crippen molar-refractivity contribution in [2.45, 2.75) is 32.5 Å². The summed E-state index contributed by atoms with van der Waals surface area (Å²) in [6.45, 7) is 3.13. The second kappa shape index (κ2) is 6.92. The highest BCUT2D eigenvalue weighted by molar-refractivity contribution is 7.10. The molecule has 0 unspecified atom stereocenters. The van der Waals surface area contributed by atoms with E-state index in [1.807, 2.05) is 53.6 Å². The highest BCUT2D eigenvalue weighted by Gasteiger charge is 2.34. The Hall–Kier alpha value is -2.67. The Labute approximate surface area is 155 Å². The van der Waals surface area contributed by atoms with E-state index in [-0.39, 0.29) is 24.2 Å². The van der Waals surface area contributed by atoms with Crippen molar-refractivity contribution in [2.75, 3.05) is 6.54 Å². The summed E-state index contributed by atoms with van der Waals surface area (Å²) < 4.78 is 2.90.